The van der Waals surface area contributed by atoms with Gasteiger partial charge in [0.2, 0.25) is 0 Å². The second-order valence-electron chi connectivity index (χ2n) is 5.21. The van der Waals surface area contributed by atoms with Crippen LogP contribution < -0.4 is 5.73 Å². The van der Waals surface area contributed by atoms with Gasteiger partial charge in [-0.3, -0.25) is 0 Å². The molecule has 1 aliphatic rings. The smallest absolute Gasteiger partial charge is 0.0282 e. The van der Waals surface area contributed by atoms with E-state index in [2.05, 4.69) is 27.4 Å². The van der Waals surface area contributed by atoms with Crippen LogP contribution in [-0.2, 0) is 0 Å². The summed E-state index contributed by atoms with van der Waals surface area (Å²) in [5, 5.41) is 0. The first-order valence-corrected chi connectivity index (χ1v) is 5.36. The minimum Gasteiger partial charge on any atom is -0.324 e. The molecule has 0 aromatic rings. The lowest BCUT2D eigenvalue weighted by atomic mass is 9.65. The van der Waals surface area contributed by atoms with E-state index in [0.29, 0.717) is 11.3 Å². The van der Waals surface area contributed by atoms with Crippen molar-refractivity contribution in [2.75, 3.05) is 0 Å². The lowest BCUT2D eigenvalue weighted by molar-refractivity contribution is 0.123. The third-order valence-corrected chi connectivity index (χ3v) is 3.59. The number of hydrogen-bond acceptors (Lipinski definition) is 1. The van der Waals surface area contributed by atoms with Crippen molar-refractivity contribution in [2.24, 2.45) is 17.1 Å². The quantitative estimate of drug-likeness (QED) is 0.651. The molecular weight excluding hydrogens is 158 g/mol. The summed E-state index contributed by atoms with van der Waals surface area (Å²) in [6.45, 7) is 10.7. The van der Waals surface area contributed by atoms with Gasteiger partial charge in [0.1, 0.15) is 0 Å². The highest BCUT2D eigenvalue weighted by Gasteiger charge is 2.35. The van der Waals surface area contributed by atoms with E-state index in [1.54, 1.807) is 0 Å². The molecule has 13 heavy (non-hydrogen) atoms. The van der Waals surface area contributed by atoms with Crippen LogP contribution in [0.15, 0.2) is 12.2 Å². The summed E-state index contributed by atoms with van der Waals surface area (Å²) in [7, 11) is 0. The zero-order valence-corrected chi connectivity index (χ0v) is 9.27. The second kappa shape index (κ2) is 3.83. The molecule has 0 heterocycles. The average molecular weight is 181 g/mol. The molecule has 1 heteroatoms. The third kappa shape index (κ3) is 2.34. The normalized spacial score (nSPS) is 29.7. The Morgan fingerprint density at radius 2 is 2.08 bits per heavy atom. The van der Waals surface area contributed by atoms with Gasteiger partial charge in [-0.1, -0.05) is 38.8 Å². The first-order chi connectivity index (χ1) is 5.95. The van der Waals surface area contributed by atoms with Crippen molar-refractivity contribution in [3.05, 3.63) is 12.2 Å². The molecule has 0 aromatic carbocycles. The minimum absolute atomic E-state index is 0.204. The first kappa shape index (κ1) is 10.8. The topological polar surface area (TPSA) is 26.0 Å². The summed E-state index contributed by atoms with van der Waals surface area (Å²) in [6.07, 6.45) is 5.31. The van der Waals surface area contributed by atoms with Gasteiger partial charge in [0, 0.05) is 6.04 Å². The summed E-state index contributed by atoms with van der Waals surface area (Å²) in [4.78, 5) is 0. The highest BCUT2D eigenvalue weighted by molar-refractivity contribution is 5.06. The molecule has 0 amide bonds. The molecule has 0 bridgehead atoms. The van der Waals surface area contributed by atoms with Gasteiger partial charge < -0.3 is 5.73 Å². The molecule has 0 aromatic heterocycles. The van der Waals surface area contributed by atoms with Crippen LogP contribution in [0.25, 0.3) is 0 Å². The Bertz CT molecular complexity index is 193. The molecule has 2 unspecified atom stereocenters. The molecule has 0 saturated heterocycles. The number of nitrogens with two attached hydrogens (primary N) is 1. The monoisotopic (exact) mass is 181 g/mol. The van der Waals surface area contributed by atoms with Crippen LogP contribution >= 0.6 is 0 Å². The van der Waals surface area contributed by atoms with Gasteiger partial charge in [0.15, 0.2) is 0 Å². The van der Waals surface area contributed by atoms with Crippen molar-refractivity contribution in [3.8, 4) is 0 Å². The summed E-state index contributed by atoms with van der Waals surface area (Å²) in [5.41, 5.74) is 7.72. The fraction of sp³-hybridized carbons (Fsp3) is 0.833. The molecule has 2 atom stereocenters. The average Bonchev–Trinajstić information content (AvgIpc) is 2.02. The summed E-state index contributed by atoms with van der Waals surface area (Å²) < 4.78 is 0. The Labute approximate surface area is 82.4 Å². The van der Waals surface area contributed by atoms with Crippen LogP contribution in [0.5, 0.6) is 0 Å². The fourth-order valence-corrected chi connectivity index (χ4v) is 2.53. The van der Waals surface area contributed by atoms with Crippen molar-refractivity contribution in [1.29, 1.82) is 0 Å². The molecule has 76 valence electrons. The lowest BCUT2D eigenvalue weighted by Crippen LogP contribution is -2.42. The second-order valence-corrected chi connectivity index (χ2v) is 5.21. The van der Waals surface area contributed by atoms with Crippen LogP contribution in [-0.4, -0.2) is 6.04 Å². The van der Waals surface area contributed by atoms with Gasteiger partial charge in [-0.15, -0.1) is 0 Å². The predicted octanol–water partition coefficient (Wildman–Crippen LogP) is 3.11. The Hall–Kier alpha value is -0.300. The summed E-state index contributed by atoms with van der Waals surface area (Å²) in [5.74, 6) is 0.638. The summed E-state index contributed by atoms with van der Waals surface area (Å²) in [6, 6.07) is 0.204. The molecule has 0 radical (unpaired) electrons. The molecule has 2 N–H and O–H groups in total. The van der Waals surface area contributed by atoms with Gasteiger partial charge >= 0.3 is 0 Å². The van der Waals surface area contributed by atoms with Gasteiger partial charge in [-0.2, -0.15) is 0 Å². The van der Waals surface area contributed by atoms with E-state index in [4.69, 9.17) is 5.73 Å². The van der Waals surface area contributed by atoms with Crippen molar-refractivity contribution in [3.63, 3.8) is 0 Å². The molecule has 0 aliphatic heterocycles. The van der Waals surface area contributed by atoms with Crippen molar-refractivity contribution >= 4 is 0 Å². The van der Waals surface area contributed by atoms with E-state index in [1.165, 1.54) is 25.7 Å². The van der Waals surface area contributed by atoms with E-state index in [-0.39, 0.29) is 6.04 Å². The zero-order valence-electron chi connectivity index (χ0n) is 9.27. The van der Waals surface area contributed by atoms with E-state index < -0.39 is 0 Å². The Balaban J connectivity index is 2.70. The van der Waals surface area contributed by atoms with Gasteiger partial charge in [0.25, 0.3) is 0 Å². The molecule has 1 fully saturated rings. The Morgan fingerprint density at radius 1 is 1.46 bits per heavy atom. The zero-order chi connectivity index (χ0) is 10.1. The van der Waals surface area contributed by atoms with E-state index in [1.807, 2.05) is 0 Å². The lowest BCUT2D eigenvalue weighted by Gasteiger charge is -2.42. The maximum atomic E-state index is 6.17. The van der Waals surface area contributed by atoms with Crippen LogP contribution in [0.3, 0.4) is 0 Å². The van der Waals surface area contributed by atoms with Crippen LogP contribution in [0.2, 0.25) is 0 Å². The Morgan fingerprint density at radius 3 is 2.54 bits per heavy atom. The SMILES string of the molecule is C=C(C)C(N)C1CCCCC1(C)C. The van der Waals surface area contributed by atoms with E-state index in [0.717, 1.165) is 5.57 Å². The van der Waals surface area contributed by atoms with Gasteiger partial charge in [-0.05, 0) is 31.1 Å². The van der Waals surface area contributed by atoms with Crippen LogP contribution in [0, 0.1) is 11.3 Å². The van der Waals surface area contributed by atoms with E-state index >= 15 is 0 Å². The van der Waals surface area contributed by atoms with Gasteiger partial charge in [0.05, 0.1) is 0 Å². The highest BCUT2D eigenvalue weighted by atomic mass is 14.7. The summed E-state index contributed by atoms with van der Waals surface area (Å²) >= 11 is 0. The molecule has 1 nitrogen and oxygen atoms in total. The maximum Gasteiger partial charge on any atom is 0.0282 e. The van der Waals surface area contributed by atoms with Crippen LogP contribution in [0.4, 0.5) is 0 Å². The highest BCUT2D eigenvalue weighted by Crippen LogP contribution is 2.42. The van der Waals surface area contributed by atoms with Crippen molar-refractivity contribution < 1.29 is 0 Å². The Kier molecular flexibility index (Phi) is 3.18. The third-order valence-electron chi connectivity index (χ3n) is 3.59. The molecule has 1 aliphatic carbocycles. The first-order valence-electron chi connectivity index (χ1n) is 5.36. The van der Waals surface area contributed by atoms with Crippen LogP contribution in [0.1, 0.15) is 46.5 Å². The molecule has 1 saturated carbocycles. The van der Waals surface area contributed by atoms with Gasteiger partial charge in [-0.25, -0.2) is 0 Å². The van der Waals surface area contributed by atoms with E-state index in [9.17, 15) is 0 Å². The van der Waals surface area contributed by atoms with Crippen molar-refractivity contribution in [1.82, 2.24) is 0 Å². The number of hydrogen-bond donors (Lipinski definition) is 1. The standard InChI is InChI=1S/C12H23N/c1-9(2)11(13)10-7-5-6-8-12(10,3)4/h10-11H,1,5-8,13H2,2-4H3. The fourth-order valence-electron chi connectivity index (χ4n) is 2.53. The van der Waals surface area contributed by atoms with Crippen molar-refractivity contribution in [2.45, 2.75) is 52.5 Å². The molecular formula is C12H23N. The molecule has 1 rings (SSSR count). The number of rotatable bonds is 2. The maximum absolute atomic E-state index is 6.17. The largest absolute Gasteiger partial charge is 0.324 e. The molecule has 0 spiro atoms. The predicted molar refractivity (Wildman–Crippen MR) is 58.5 cm³/mol. The minimum atomic E-state index is 0.204.